The molecule has 4 rings (SSSR count). The molecule has 0 bridgehead atoms. The number of rotatable bonds is 4. The van der Waals surface area contributed by atoms with Crippen molar-refractivity contribution in [2.24, 2.45) is 17.8 Å². The SMILES string of the molecule is Cn1cc(-c2ccccc2CN=C(N)Nc2cccc3c2CCCC3)cn1.I. The second kappa shape index (κ2) is 9.23. The lowest BCUT2D eigenvalue weighted by atomic mass is 9.90. The zero-order valence-corrected chi connectivity index (χ0v) is 18.4. The van der Waals surface area contributed by atoms with Crippen LogP contribution in [0.25, 0.3) is 11.1 Å². The molecule has 3 aromatic rings. The van der Waals surface area contributed by atoms with Crippen LogP contribution in [0, 0.1) is 0 Å². The molecule has 0 aliphatic heterocycles. The minimum absolute atomic E-state index is 0. The number of nitrogens with zero attached hydrogens (tertiary/aromatic N) is 3. The number of guanidine groups is 1. The van der Waals surface area contributed by atoms with Gasteiger partial charge in [0.15, 0.2) is 5.96 Å². The van der Waals surface area contributed by atoms with Gasteiger partial charge in [-0.1, -0.05) is 36.4 Å². The number of anilines is 1. The van der Waals surface area contributed by atoms with E-state index in [0.717, 1.165) is 35.2 Å². The topological polar surface area (TPSA) is 68.2 Å². The summed E-state index contributed by atoms with van der Waals surface area (Å²) in [6.45, 7) is 0.527. The van der Waals surface area contributed by atoms with Crippen molar-refractivity contribution >= 4 is 35.6 Å². The summed E-state index contributed by atoms with van der Waals surface area (Å²) in [7, 11) is 1.92. The molecule has 1 heterocycles. The van der Waals surface area contributed by atoms with Gasteiger partial charge in [0.1, 0.15) is 0 Å². The maximum atomic E-state index is 6.20. The van der Waals surface area contributed by atoms with Crippen LogP contribution in [-0.2, 0) is 26.4 Å². The van der Waals surface area contributed by atoms with Crippen LogP contribution in [0.5, 0.6) is 0 Å². The molecule has 0 spiro atoms. The van der Waals surface area contributed by atoms with Gasteiger partial charge in [-0.25, -0.2) is 4.99 Å². The van der Waals surface area contributed by atoms with Gasteiger partial charge in [-0.05, 0) is 54.0 Å². The first-order valence-electron chi connectivity index (χ1n) is 9.45. The van der Waals surface area contributed by atoms with E-state index >= 15 is 0 Å². The molecule has 0 amide bonds. The summed E-state index contributed by atoms with van der Waals surface area (Å²) in [4.78, 5) is 4.59. The van der Waals surface area contributed by atoms with Gasteiger partial charge in [0, 0.05) is 24.5 Å². The largest absolute Gasteiger partial charge is 0.370 e. The van der Waals surface area contributed by atoms with Crippen LogP contribution >= 0.6 is 24.0 Å². The lowest BCUT2D eigenvalue weighted by Crippen LogP contribution is -2.24. The van der Waals surface area contributed by atoms with E-state index in [1.165, 1.54) is 24.0 Å². The van der Waals surface area contributed by atoms with E-state index in [1.54, 1.807) is 0 Å². The van der Waals surface area contributed by atoms with E-state index in [1.807, 2.05) is 36.3 Å². The van der Waals surface area contributed by atoms with Crippen molar-refractivity contribution in [2.75, 3.05) is 5.32 Å². The monoisotopic (exact) mass is 487 g/mol. The zero-order valence-electron chi connectivity index (χ0n) is 16.1. The van der Waals surface area contributed by atoms with Gasteiger partial charge in [-0.2, -0.15) is 5.10 Å². The molecular formula is C22H26IN5. The minimum Gasteiger partial charge on any atom is -0.370 e. The summed E-state index contributed by atoms with van der Waals surface area (Å²) in [6.07, 6.45) is 8.66. The van der Waals surface area contributed by atoms with Gasteiger partial charge in [0.25, 0.3) is 0 Å². The zero-order chi connectivity index (χ0) is 18.6. The van der Waals surface area contributed by atoms with Crippen molar-refractivity contribution in [2.45, 2.75) is 32.2 Å². The van der Waals surface area contributed by atoms with Gasteiger partial charge in [0.05, 0.1) is 12.7 Å². The molecule has 0 fully saturated rings. The predicted molar refractivity (Wildman–Crippen MR) is 126 cm³/mol. The van der Waals surface area contributed by atoms with Crippen molar-refractivity contribution in [3.63, 3.8) is 0 Å². The van der Waals surface area contributed by atoms with Gasteiger partial charge in [-0.3, -0.25) is 4.68 Å². The number of halogens is 1. The van der Waals surface area contributed by atoms with Crippen LogP contribution in [0.3, 0.4) is 0 Å². The Hall–Kier alpha value is -2.35. The number of hydrogen-bond donors (Lipinski definition) is 2. The average molecular weight is 487 g/mol. The van der Waals surface area contributed by atoms with E-state index < -0.39 is 0 Å². The Labute approximate surface area is 183 Å². The van der Waals surface area contributed by atoms with Crippen molar-refractivity contribution < 1.29 is 0 Å². The molecule has 0 atom stereocenters. The average Bonchev–Trinajstić information content (AvgIpc) is 3.13. The Morgan fingerprint density at radius 2 is 1.96 bits per heavy atom. The summed E-state index contributed by atoms with van der Waals surface area (Å²) >= 11 is 0. The Balaban J connectivity index is 0.00000225. The molecule has 146 valence electrons. The van der Waals surface area contributed by atoms with Crippen LogP contribution in [0.15, 0.2) is 59.9 Å². The first-order valence-corrected chi connectivity index (χ1v) is 9.45. The quantitative estimate of drug-likeness (QED) is 0.323. The van der Waals surface area contributed by atoms with Crippen LogP contribution in [-0.4, -0.2) is 15.7 Å². The van der Waals surface area contributed by atoms with Crippen LogP contribution in [0.4, 0.5) is 5.69 Å². The fourth-order valence-corrected chi connectivity index (χ4v) is 3.75. The molecule has 28 heavy (non-hydrogen) atoms. The molecule has 2 aromatic carbocycles. The Kier molecular flexibility index (Phi) is 6.72. The van der Waals surface area contributed by atoms with Crippen LogP contribution in [0.1, 0.15) is 29.5 Å². The lowest BCUT2D eigenvalue weighted by Gasteiger charge is -2.19. The maximum absolute atomic E-state index is 6.20. The van der Waals surface area contributed by atoms with E-state index in [0.29, 0.717) is 12.5 Å². The van der Waals surface area contributed by atoms with Crippen molar-refractivity contribution in [1.29, 1.82) is 0 Å². The number of nitrogens with two attached hydrogens (primary N) is 1. The lowest BCUT2D eigenvalue weighted by molar-refractivity contribution is 0.687. The predicted octanol–water partition coefficient (Wildman–Crippen LogP) is 4.51. The summed E-state index contributed by atoms with van der Waals surface area (Å²) in [6, 6.07) is 14.7. The molecule has 1 aliphatic rings. The smallest absolute Gasteiger partial charge is 0.193 e. The highest BCUT2D eigenvalue weighted by molar-refractivity contribution is 14.0. The standard InChI is InChI=1S/C22H25N5.HI/c1-27-15-18(14-25-27)19-10-4-3-8-17(19)13-24-22(23)26-21-12-6-9-16-7-2-5-11-20(16)21;/h3-4,6,8-10,12,14-15H,2,5,7,11,13H2,1H3,(H3,23,24,26);1H. The number of aryl methyl sites for hydroxylation is 2. The second-order valence-electron chi connectivity index (χ2n) is 7.04. The number of fused-ring (bicyclic) bond motifs is 1. The second-order valence-corrected chi connectivity index (χ2v) is 7.04. The van der Waals surface area contributed by atoms with E-state index in [-0.39, 0.29) is 24.0 Å². The van der Waals surface area contributed by atoms with Crippen molar-refractivity contribution in [1.82, 2.24) is 9.78 Å². The number of nitrogens with one attached hydrogen (secondary N) is 1. The molecule has 1 aliphatic carbocycles. The third kappa shape index (κ3) is 4.55. The minimum atomic E-state index is 0. The molecular weight excluding hydrogens is 461 g/mol. The maximum Gasteiger partial charge on any atom is 0.193 e. The molecule has 1 aromatic heterocycles. The Morgan fingerprint density at radius 1 is 1.14 bits per heavy atom. The molecule has 0 saturated carbocycles. The van der Waals surface area contributed by atoms with Crippen molar-refractivity contribution in [3.05, 3.63) is 71.5 Å². The molecule has 0 radical (unpaired) electrons. The number of aromatic nitrogens is 2. The Morgan fingerprint density at radius 3 is 2.79 bits per heavy atom. The number of aliphatic imine (C=N–C) groups is 1. The molecule has 0 unspecified atom stereocenters. The highest BCUT2D eigenvalue weighted by Gasteiger charge is 2.13. The highest BCUT2D eigenvalue weighted by Crippen LogP contribution is 2.28. The molecule has 5 nitrogen and oxygen atoms in total. The highest BCUT2D eigenvalue weighted by atomic mass is 127. The fraction of sp³-hybridized carbons (Fsp3) is 0.273. The summed E-state index contributed by atoms with van der Waals surface area (Å²) in [5.41, 5.74) is 13.5. The first-order chi connectivity index (χ1) is 13.2. The van der Waals surface area contributed by atoms with Crippen LogP contribution < -0.4 is 11.1 Å². The van der Waals surface area contributed by atoms with E-state index in [9.17, 15) is 0 Å². The van der Waals surface area contributed by atoms with Gasteiger partial charge >= 0.3 is 0 Å². The number of hydrogen-bond acceptors (Lipinski definition) is 2. The Bertz CT molecular complexity index is 977. The van der Waals surface area contributed by atoms with Gasteiger partial charge in [0.2, 0.25) is 0 Å². The third-order valence-electron chi connectivity index (χ3n) is 5.11. The fourth-order valence-electron chi connectivity index (χ4n) is 3.75. The van der Waals surface area contributed by atoms with Gasteiger partial charge < -0.3 is 11.1 Å². The molecule has 0 saturated heterocycles. The summed E-state index contributed by atoms with van der Waals surface area (Å²) < 4.78 is 1.81. The summed E-state index contributed by atoms with van der Waals surface area (Å²) in [5, 5.41) is 7.58. The first kappa shape index (κ1) is 20.4. The van der Waals surface area contributed by atoms with E-state index in [2.05, 4.69) is 45.7 Å². The van der Waals surface area contributed by atoms with Gasteiger partial charge in [-0.15, -0.1) is 24.0 Å². The number of benzene rings is 2. The van der Waals surface area contributed by atoms with Crippen molar-refractivity contribution in [3.8, 4) is 11.1 Å². The van der Waals surface area contributed by atoms with Crippen LogP contribution in [0.2, 0.25) is 0 Å². The van der Waals surface area contributed by atoms with E-state index in [4.69, 9.17) is 5.73 Å². The third-order valence-corrected chi connectivity index (χ3v) is 5.11. The normalized spacial score (nSPS) is 13.5. The molecule has 3 N–H and O–H groups in total. The summed E-state index contributed by atoms with van der Waals surface area (Å²) in [5.74, 6) is 0.454. The molecule has 6 heteroatoms.